The third-order valence-corrected chi connectivity index (χ3v) is 13.5. The molecule has 390 valence electrons. The highest BCUT2D eigenvalue weighted by atomic mass is 127. The van der Waals surface area contributed by atoms with Gasteiger partial charge in [0.2, 0.25) is 29.5 Å². The molecule has 4 rings (SSSR count). The van der Waals surface area contributed by atoms with Crippen LogP contribution < -0.4 is 78.8 Å². The lowest BCUT2D eigenvalue weighted by atomic mass is 9.96. The van der Waals surface area contributed by atoms with Crippen LogP contribution in [-0.4, -0.2) is 161 Å². The lowest BCUT2D eigenvalue weighted by Gasteiger charge is -2.29. The number of imidazole rings is 1. The van der Waals surface area contributed by atoms with Gasteiger partial charge in [0, 0.05) is 55.2 Å². The zero-order valence-electron chi connectivity index (χ0n) is 39.4. The second-order valence-electron chi connectivity index (χ2n) is 16.3. The van der Waals surface area contributed by atoms with Crippen LogP contribution in [0.25, 0.3) is 10.7 Å². The third kappa shape index (κ3) is 17.7. The molecular weight excluding hydrogens is 1100 g/mol. The summed E-state index contributed by atoms with van der Waals surface area (Å²) in [6.45, 7) is 3.71. The number of hydrogen-bond donors (Lipinski definition) is 14. The number of nitrogens with two attached hydrogens (primary N) is 4. The maximum absolute atomic E-state index is 13.9. The Morgan fingerprint density at radius 1 is 0.887 bits per heavy atom. The van der Waals surface area contributed by atoms with Gasteiger partial charge in [-0.3, -0.25) is 33.6 Å². The zero-order valence-corrected chi connectivity index (χ0v) is 44.0. The summed E-state index contributed by atoms with van der Waals surface area (Å²) in [7, 11) is 0.297. The maximum atomic E-state index is 13.9. The van der Waals surface area contributed by atoms with Gasteiger partial charge in [-0.05, 0) is 24.7 Å². The Hall–Kier alpha value is -5.48. The Morgan fingerprint density at radius 3 is 2.24 bits per heavy atom. The van der Waals surface area contributed by atoms with Gasteiger partial charge < -0.3 is 99.1 Å². The smallest absolute Gasteiger partial charge is 0.271 e. The van der Waals surface area contributed by atoms with Crippen LogP contribution in [0.1, 0.15) is 81.9 Å². The number of carbonyl (C=O) groups is 7. The fourth-order valence-corrected chi connectivity index (χ4v) is 8.77. The molecule has 71 heavy (non-hydrogen) atoms. The largest absolute Gasteiger partial charge is 1.00 e. The van der Waals surface area contributed by atoms with Crippen molar-refractivity contribution in [3.05, 3.63) is 56.8 Å². The molecule has 18 N–H and O–H groups in total. The van der Waals surface area contributed by atoms with Crippen LogP contribution in [0.4, 0.5) is 5.82 Å². The lowest BCUT2D eigenvalue weighted by Crippen LogP contribution is -3.00. The van der Waals surface area contributed by atoms with E-state index in [-0.39, 0.29) is 71.6 Å². The summed E-state index contributed by atoms with van der Waals surface area (Å²) >= 11 is 2.62. The van der Waals surface area contributed by atoms with E-state index in [1.807, 2.05) is 0 Å². The predicted octanol–water partition coefficient (Wildman–Crippen LogP) is -6.84. The number of rotatable bonds is 28. The topological polar surface area (TPSA) is 437 Å². The van der Waals surface area contributed by atoms with Crippen molar-refractivity contribution < 1.29 is 72.9 Å². The summed E-state index contributed by atoms with van der Waals surface area (Å²) in [6, 6.07) is -6.72. The molecule has 30 heteroatoms. The summed E-state index contributed by atoms with van der Waals surface area (Å²) in [5.74, 6) is -6.21. The minimum Gasteiger partial charge on any atom is -1.00 e. The Kier molecular flexibility index (Phi) is 24.0. The first kappa shape index (κ1) is 59.8. The van der Waals surface area contributed by atoms with Gasteiger partial charge in [0.15, 0.2) is 0 Å². The number of aromatic amines is 1. The minimum absolute atomic E-state index is 0. The van der Waals surface area contributed by atoms with E-state index in [0.717, 1.165) is 12.2 Å². The molecule has 0 saturated heterocycles. The summed E-state index contributed by atoms with van der Waals surface area (Å²) in [5, 5.41) is 52.9. The van der Waals surface area contributed by atoms with E-state index < -0.39 is 96.8 Å². The van der Waals surface area contributed by atoms with Gasteiger partial charge in [-0.25, -0.2) is 24.9 Å². The molecule has 0 saturated carbocycles. The molecule has 0 bridgehead atoms. The van der Waals surface area contributed by atoms with Crippen molar-refractivity contribution in [1.29, 1.82) is 0 Å². The number of H-pyrrole nitrogens is 1. The van der Waals surface area contributed by atoms with Crippen LogP contribution >= 0.6 is 22.7 Å². The van der Waals surface area contributed by atoms with Crippen molar-refractivity contribution in [2.75, 3.05) is 50.2 Å². The number of amides is 7. The van der Waals surface area contributed by atoms with Crippen molar-refractivity contribution >= 4 is 80.7 Å². The number of anilines is 1. The Bertz CT molecular complexity index is 2440. The quantitative estimate of drug-likeness (QED) is 0.0143. The number of thiazole rings is 2. The number of nitrogens with zero attached hydrogens (tertiary/aromatic N) is 5. The second kappa shape index (κ2) is 28.5. The molecule has 0 aliphatic heterocycles. The number of carbonyl (C=O) groups excluding carboxylic acids is 7. The number of aromatic nitrogens is 6. The normalized spacial score (nSPS) is 14.6. The van der Waals surface area contributed by atoms with Crippen LogP contribution in [-0.2, 0) is 41.3 Å². The molecule has 0 spiro atoms. The van der Waals surface area contributed by atoms with Crippen molar-refractivity contribution in [3.8, 4) is 10.7 Å². The molecule has 7 amide bonds. The SMILES string of the molecule is Cc1c(N)nc([C@H](CC(N)=O)NC[C@H](N)C(N)=O)nc1C(=O)N[C@H](C(=O)N[C@H](C)[C@@H](O)[C@H](C)C(=O)N[C@@H](CO)C(=O)NCCc1nc(-c2nc(C(=O)NCCC[S+](C)C)cs2)cs1)[C@@H](O)c1cnc[nH]1.[I-]. The zero-order chi connectivity index (χ0) is 51.8. The minimum atomic E-state index is -1.81. The monoisotopic (exact) mass is 1160 g/mol. The van der Waals surface area contributed by atoms with Crippen molar-refractivity contribution in [1.82, 2.24) is 61.8 Å². The molecule has 0 radical (unpaired) electrons. The van der Waals surface area contributed by atoms with E-state index in [1.54, 1.807) is 10.8 Å². The first-order valence-corrected chi connectivity index (χ1v) is 25.7. The first-order valence-electron chi connectivity index (χ1n) is 21.7. The fourth-order valence-electron chi connectivity index (χ4n) is 6.43. The van der Waals surface area contributed by atoms with E-state index in [9.17, 15) is 48.9 Å². The number of nitrogens with one attached hydrogen (secondary N) is 7. The highest BCUT2D eigenvalue weighted by Crippen LogP contribution is 2.26. The molecule has 26 nitrogen and oxygen atoms in total. The van der Waals surface area contributed by atoms with Gasteiger partial charge in [-0.15, -0.1) is 22.7 Å². The van der Waals surface area contributed by atoms with E-state index in [4.69, 9.17) is 22.9 Å². The number of hydrogen-bond acceptors (Lipinski definition) is 20. The molecule has 0 aliphatic carbocycles. The summed E-state index contributed by atoms with van der Waals surface area (Å²) in [6.07, 6.45) is 4.09. The molecule has 0 aliphatic rings. The molecule has 0 fully saturated rings. The standard InChI is InChI=1S/C41H60N16O10S3.HI/c1-18-29(55-35(57-33(18)44)22(11-27(43)59)49-12-21(42)34(45)62)39(66)56-30(32(61)23-13-46-17-50-23)40(67)51-20(3)31(60)19(2)36(63)53-24(14-58)37(64)48-9-7-28-52-26(16-68-28)41-54-25(15-69-41)38(65)47-8-6-10-70(4)5;/h13,15-17,19-22,24,30-32,49,58,60-61H,6-12,14,42H2,1-5H3,(H11-,43,44,45,46,47,48,50,51,53,55,56,57,59,62,63,64,65,66,67);1H/t19-,20+,21-,22-,24-,30-,31-,32-;/m0./s1. The molecule has 0 unspecified atom stereocenters. The Morgan fingerprint density at radius 2 is 1.61 bits per heavy atom. The molecular formula is C41H61IN16O10S3. The lowest BCUT2D eigenvalue weighted by molar-refractivity contribution is -0.135. The Labute approximate surface area is 436 Å². The van der Waals surface area contributed by atoms with Crippen molar-refractivity contribution in [3.63, 3.8) is 0 Å². The summed E-state index contributed by atoms with van der Waals surface area (Å²) in [4.78, 5) is 114. The van der Waals surface area contributed by atoms with Gasteiger partial charge in [0.25, 0.3) is 11.8 Å². The second-order valence-corrected chi connectivity index (χ2v) is 20.5. The van der Waals surface area contributed by atoms with E-state index in [1.165, 1.54) is 56.0 Å². The van der Waals surface area contributed by atoms with Gasteiger partial charge in [-0.2, -0.15) is 0 Å². The highest BCUT2D eigenvalue weighted by Gasteiger charge is 2.36. The van der Waals surface area contributed by atoms with Crippen LogP contribution in [0.15, 0.2) is 23.3 Å². The Balaban J connectivity index is 0.0000133. The average Bonchev–Trinajstić information content (AvgIpc) is 4.13. The molecule has 4 aromatic rings. The number of primary amides is 2. The van der Waals surface area contributed by atoms with Crippen LogP contribution in [0.5, 0.6) is 0 Å². The van der Waals surface area contributed by atoms with E-state index >= 15 is 0 Å². The first-order chi connectivity index (χ1) is 33.1. The fraction of sp³-hybridized carbons (Fsp3) is 0.512. The van der Waals surface area contributed by atoms with Gasteiger partial charge in [0.05, 0.1) is 72.5 Å². The molecule has 0 aromatic carbocycles. The number of aliphatic hydroxyl groups is 3. The number of aliphatic hydroxyl groups excluding tert-OH is 3. The molecule has 4 aromatic heterocycles. The van der Waals surface area contributed by atoms with Gasteiger partial charge >= 0.3 is 0 Å². The molecule has 4 heterocycles. The molecule has 8 atom stereocenters. The number of halogens is 1. The van der Waals surface area contributed by atoms with Gasteiger partial charge in [-0.1, -0.05) is 6.92 Å². The third-order valence-electron chi connectivity index (χ3n) is 10.6. The number of nitrogen functional groups attached to an aromatic ring is 1. The van der Waals surface area contributed by atoms with Crippen molar-refractivity contribution in [2.45, 2.75) is 82.5 Å². The van der Waals surface area contributed by atoms with Crippen molar-refractivity contribution in [2.24, 2.45) is 23.1 Å². The summed E-state index contributed by atoms with van der Waals surface area (Å²) < 4.78 is 0. The predicted molar refractivity (Wildman–Crippen MR) is 260 cm³/mol. The van der Waals surface area contributed by atoms with Crippen LogP contribution in [0.3, 0.4) is 0 Å². The van der Waals surface area contributed by atoms with E-state index in [0.29, 0.717) is 45.3 Å². The van der Waals surface area contributed by atoms with Crippen LogP contribution in [0, 0.1) is 12.8 Å². The summed E-state index contributed by atoms with van der Waals surface area (Å²) in [5.41, 5.74) is 23.1. The maximum Gasteiger partial charge on any atom is 0.271 e. The van der Waals surface area contributed by atoms with Crippen LogP contribution in [0.2, 0.25) is 0 Å². The average molecular weight is 1160 g/mol. The van der Waals surface area contributed by atoms with Gasteiger partial charge in [0.1, 0.15) is 57.7 Å². The van der Waals surface area contributed by atoms with E-state index in [2.05, 4.69) is 74.3 Å². The highest BCUT2D eigenvalue weighted by molar-refractivity contribution is 7.95.